The molecule has 40 heavy (non-hydrogen) atoms. The van der Waals surface area contributed by atoms with Crippen LogP contribution in [-0.2, 0) is 37.5 Å². The normalized spacial score (nSPS) is 12.4. The van der Waals surface area contributed by atoms with E-state index in [1.165, 1.54) is 21.2 Å². The third kappa shape index (κ3) is 20.4. The van der Waals surface area contributed by atoms with Crippen molar-refractivity contribution in [3.63, 3.8) is 0 Å². The zero-order chi connectivity index (χ0) is 24.9. The van der Waals surface area contributed by atoms with E-state index < -0.39 is 0 Å². The zero-order valence-electron chi connectivity index (χ0n) is 21.7. The van der Waals surface area contributed by atoms with Gasteiger partial charge in [0.2, 0.25) is 0 Å². The van der Waals surface area contributed by atoms with Crippen molar-refractivity contribution >= 4 is 38.4 Å². The number of benzene rings is 4. The number of hydrogen-bond acceptors (Lipinski definition) is 0. The number of rotatable bonds is 4. The Morgan fingerprint density at radius 1 is 0.275 bits per heavy atom. The van der Waals surface area contributed by atoms with Gasteiger partial charge >= 0.3 is 37.5 Å². The predicted octanol–water partition coefficient (Wildman–Crippen LogP) is 0.678. The van der Waals surface area contributed by atoms with Crippen LogP contribution in [0.25, 0.3) is 0 Å². The predicted molar refractivity (Wildman–Crippen MR) is 164 cm³/mol. The first kappa shape index (κ1) is 41.6. The summed E-state index contributed by atoms with van der Waals surface area (Å²) in [5.74, 6) is 0. The van der Waals surface area contributed by atoms with Gasteiger partial charge in [0.25, 0.3) is 0 Å². The van der Waals surface area contributed by atoms with Crippen LogP contribution in [0, 0.1) is 64.2 Å². The summed E-state index contributed by atoms with van der Waals surface area (Å²) in [5.41, 5.74) is 0. The SMILES string of the molecule is [CH]1[CH][CH][CH][CH]1.[CH]1[CH][CH][CH][CH]1.[Cl-].[Cl-].[Fe+2].[Pd+2].c1ccc(Pc2ccccc2)cc1.c1ccc(Pc2ccccc2)cc1. The zero-order valence-corrected chi connectivity index (χ0v) is 27.9. The van der Waals surface area contributed by atoms with Crippen LogP contribution in [0.3, 0.4) is 0 Å². The molecule has 4 aromatic rings. The van der Waals surface area contributed by atoms with E-state index >= 15 is 0 Å². The quantitative estimate of drug-likeness (QED) is 0.214. The summed E-state index contributed by atoms with van der Waals surface area (Å²) >= 11 is 0. The van der Waals surface area contributed by atoms with Gasteiger partial charge in [0.15, 0.2) is 0 Å². The van der Waals surface area contributed by atoms with Crippen LogP contribution in [0.4, 0.5) is 0 Å². The van der Waals surface area contributed by atoms with Crippen LogP contribution >= 0.6 is 17.2 Å². The van der Waals surface area contributed by atoms with Crippen LogP contribution in [0.1, 0.15) is 0 Å². The first-order valence-electron chi connectivity index (χ1n) is 12.0. The smallest absolute Gasteiger partial charge is 1.00 e. The average Bonchev–Trinajstić information content (AvgIpc) is 3.72. The van der Waals surface area contributed by atoms with Crippen LogP contribution in [-0.4, -0.2) is 0 Å². The van der Waals surface area contributed by atoms with Gasteiger partial charge in [-0.05, 0) is 85.4 Å². The van der Waals surface area contributed by atoms with E-state index in [1.807, 2.05) is 64.2 Å². The summed E-state index contributed by atoms with van der Waals surface area (Å²) in [6.07, 6.45) is 20.0. The van der Waals surface area contributed by atoms with Gasteiger partial charge in [0.05, 0.1) is 0 Å². The molecule has 6 heteroatoms. The molecule has 0 N–H and O–H groups in total. The van der Waals surface area contributed by atoms with Gasteiger partial charge in [-0.15, -0.1) is 0 Å². The summed E-state index contributed by atoms with van der Waals surface area (Å²) in [6.45, 7) is 0. The first-order chi connectivity index (χ1) is 17.9. The largest absolute Gasteiger partial charge is 2.00 e. The van der Waals surface area contributed by atoms with Gasteiger partial charge in [-0.2, -0.15) is 0 Å². The van der Waals surface area contributed by atoms with E-state index in [1.54, 1.807) is 0 Å². The van der Waals surface area contributed by atoms with Crippen molar-refractivity contribution in [2.24, 2.45) is 0 Å². The van der Waals surface area contributed by atoms with Crippen LogP contribution < -0.4 is 46.0 Å². The molecule has 0 aliphatic heterocycles. The maximum atomic E-state index is 2.17. The molecular weight excluding hydrogens is 703 g/mol. The molecule has 0 aromatic heterocycles. The van der Waals surface area contributed by atoms with Crippen LogP contribution in [0.15, 0.2) is 121 Å². The van der Waals surface area contributed by atoms with Gasteiger partial charge < -0.3 is 24.8 Å². The van der Waals surface area contributed by atoms with E-state index in [-0.39, 0.29) is 62.3 Å². The Bertz CT molecular complexity index is 857. The summed E-state index contributed by atoms with van der Waals surface area (Å²) in [5, 5.41) is 5.59. The van der Waals surface area contributed by atoms with Gasteiger partial charge in [-0.3, -0.25) is 0 Å². The minimum Gasteiger partial charge on any atom is -1.00 e. The maximum Gasteiger partial charge on any atom is 2.00 e. The molecule has 2 saturated carbocycles. The Balaban J connectivity index is 0. The molecule has 2 aliphatic carbocycles. The summed E-state index contributed by atoms with van der Waals surface area (Å²) in [7, 11) is 1.55. The summed E-state index contributed by atoms with van der Waals surface area (Å²) in [6, 6.07) is 42.3. The van der Waals surface area contributed by atoms with Crippen molar-refractivity contribution in [1.29, 1.82) is 0 Å². The molecule has 2 fully saturated rings. The van der Waals surface area contributed by atoms with Crippen molar-refractivity contribution < 1.29 is 62.3 Å². The molecule has 208 valence electrons. The Kier molecular flexibility index (Phi) is 29.8. The molecule has 10 radical (unpaired) electrons. The van der Waals surface area contributed by atoms with Crippen molar-refractivity contribution in [2.75, 3.05) is 0 Å². The topological polar surface area (TPSA) is 0 Å². The molecule has 0 atom stereocenters. The van der Waals surface area contributed by atoms with E-state index in [9.17, 15) is 0 Å². The van der Waals surface area contributed by atoms with Gasteiger partial charge in [-0.1, -0.05) is 138 Å². The summed E-state index contributed by atoms with van der Waals surface area (Å²) in [4.78, 5) is 0. The standard InChI is InChI=1S/2C12H11P.2C5H5.2ClH.Fe.Pd/c2*1-3-7-11(8-4-1)13-12-9-5-2-6-10-12;2*1-2-4-5-3-1;;;;/h2*1-10,13H;2*1-5H;2*1H;;/q;;;;;;2*+2/p-2. The minimum absolute atomic E-state index is 0. The molecule has 0 bridgehead atoms. The summed E-state index contributed by atoms with van der Waals surface area (Å²) < 4.78 is 0. The second-order valence-electron chi connectivity index (χ2n) is 7.64. The fourth-order valence-corrected chi connectivity index (χ4v) is 5.16. The molecule has 2 aliphatic rings. The second-order valence-corrected chi connectivity index (χ2v) is 10.4. The molecule has 0 saturated heterocycles. The fourth-order valence-electron chi connectivity index (χ4n) is 3.06. The Hall–Kier alpha value is -0.498. The molecule has 0 spiro atoms. The van der Waals surface area contributed by atoms with Crippen molar-refractivity contribution in [3.8, 4) is 0 Å². The second kappa shape index (κ2) is 28.6. The third-order valence-corrected chi connectivity index (χ3v) is 7.27. The van der Waals surface area contributed by atoms with Crippen LogP contribution in [0.5, 0.6) is 0 Å². The van der Waals surface area contributed by atoms with Gasteiger partial charge in [-0.25, -0.2) is 0 Å². The molecular formula is C34H32Cl2FeP2Pd+2. The average molecular weight is 736 g/mol. The number of halogens is 2. The third-order valence-electron chi connectivity index (χ3n) is 4.78. The van der Waals surface area contributed by atoms with E-state index in [2.05, 4.69) is 121 Å². The van der Waals surface area contributed by atoms with Crippen molar-refractivity contribution in [1.82, 2.24) is 0 Å². The van der Waals surface area contributed by atoms with Crippen molar-refractivity contribution in [3.05, 3.63) is 186 Å². The first-order valence-corrected chi connectivity index (χ1v) is 14.0. The van der Waals surface area contributed by atoms with E-state index in [4.69, 9.17) is 0 Å². The van der Waals surface area contributed by atoms with Crippen LogP contribution in [0.2, 0.25) is 0 Å². The Labute approximate surface area is 284 Å². The van der Waals surface area contributed by atoms with Gasteiger partial charge in [0, 0.05) is 0 Å². The fraction of sp³-hybridized carbons (Fsp3) is 0. The molecule has 0 amide bonds. The minimum atomic E-state index is 0. The Morgan fingerprint density at radius 2 is 0.425 bits per heavy atom. The molecule has 0 unspecified atom stereocenters. The van der Waals surface area contributed by atoms with E-state index in [0.29, 0.717) is 0 Å². The monoisotopic (exact) mass is 734 g/mol. The molecule has 4 aromatic carbocycles. The van der Waals surface area contributed by atoms with Crippen molar-refractivity contribution in [2.45, 2.75) is 0 Å². The molecule has 6 rings (SSSR count). The number of hydrogen-bond donors (Lipinski definition) is 0. The maximum absolute atomic E-state index is 2.17. The van der Waals surface area contributed by atoms with E-state index in [0.717, 1.165) is 17.2 Å². The molecule has 0 nitrogen and oxygen atoms in total. The Morgan fingerprint density at radius 3 is 0.575 bits per heavy atom. The van der Waals surface area contributed by atoms with Gasteiger partial charge in [0.1, 0.15) is 0 Å². The molecule has 0 heterocycles.